The molecule has 2 aliphatic heterocycles. The molecule has 2 fully saturated rings. The molecule has 0 amide bonds. The van der Waals surface area contributed by atoms with Gasteiger partial charge in [0.15, 0.2) is 0 Å². The zero-order chi connectivity index (χ0) is 12.5. The summed E-state index contributed by atoms with van der Waals surface area (Å²) in [6, 6.07) is 0.534. The van der Waals surface area contributed by atoms with Gasteiger partial charge in [-0.3, -0.25) is 4.90 Å². The van der Waals surface area contributed by atoms with Gasteiger partial charge in [-0.1, -0.05) is 6.92 Å². The first-order chi connectivity index (χ1) is 7.88. The topological polar surface area (TPSA) is 46.6 Å². The molecule has 0 spiro atoms. The van der Waals surface area contributed by atoms with Crippen LogP contribution in [0.4, 0.5) is 0 Å². The summed E-state index contributed by atoms with van der Waals surface area (Å²) in [6.07, 6.45) is 2.90. The maximum absolute atomic E-state index is 11.2. The van der Waals surface area contributed by atoms with E-state index in [4.69, 9.17) is 15.4 Å². The Balaban J connectivity index is 1.88. The lowest BCUT2D eigenvalue weighted by Gasteiger charge is -2.40. The van der Waals surface area contributed by atoms with Crippen LogP contribution in [0.1, 0.15) is 26.2 Å². The molecule has 2 saturated heterocycles. The number of halogens is 1. The molecule has 0 unspecified atom stereocenters. The van der Waals surface area contributed by atoms with E-state index in [0.29, 0.717) is 6.04 Å². The number of hydrogen-bond acceptors (Lipinski definition) is 4. The van der Waals surface area contributed by atoms with Crippen LogP contribution in [0.15, 0.2) is 0 Å². The third-order valence-electron chi connectivity index (χ3n) is 3.95. The number of ether oxygens (including phenoxy) is 1. The Morgan fingerprint density at radius 3 is 2.53 bits per heavy atom. The normalized spacial score (nSPS) is 30.6. The molecule has 0 aromatic heterocycles. The monoisotopic (exact) mass is 281 g/mol. The van der Waals surface area contributed by atoms with Gasteiger partial charge in [0.25, 0.3) is 0 Å². The van der Waals surface area contributed by atoms with Crippen molar-refractivity contribution in [2.75, 3.05) is 32.1 Å². The quantitative estimate of drug-likeness (QED) is 0.735. The fourth-order valence-electron chi connectivity index (χ4n) is 2.80. The summed E-state index contributed by atoms with van der Waals surface area (Å²) in [4.78, 5) is 2.43. The number of nitrogens with zero attached hydrogens (tertiary/aromatic N) is 1. The minimum Gasteiger partial charge on any atom is -0.380 e. The highest BCUT2D eigenvalue weighted by Gasteiger charge is 2.36. The Morgan fingerprint density at radius 2 is 2.06 bits per heavy atom. The summed E-state index contributed by atoms with van der Waals surface area (Å²) in [7, 11) is 1.97. The summed E-state index contributed by atoms with van der Waals surface area (Å²) in [5.41, 5.74) is -0.156. The van der Waals surface area contributed by atoms with Crippen molar-refractivity contribution in [1.82, 2.24) is 4.90 Å². The SMILES string of the molecule is CC1(CS(=O)(=O)Cl)CCN([C@H]2CCOC2)CC1. The van der Waals surface area contributed by atoms with Gasteiger partial charge in [0.05, 0.1) is 12.4 Å². The Labute approximate surface area is 108 Å². The maximum atomic E-state index is 11.2. The van der Waals surface area contributed by atoms with Gasteiger partial charge in [-0.2, -0.15) is 0 Å². The molecular formula is C11H20ClNO3S. The van der Waals surface area contributed by atoms with Crippen molar-refractivity contribution < 1.29 is 13.2 Å². The summed E-state index contributed by atoms with van der Waals surface area (Å²) in [6.45, 7) is 5.61. The average molecular weight is 282 g/mol. The van der Waals surface area contributed by atoms with E-state index in [0.717, 1.165) is 45.6 Å². The van der Waals surface area contributed by atoms with Crippen LogP contribution in [0.25, 0.3) is 0 Å². The standard InChI is InChI=1S/C11H20ClNO3S/c1-11(9-17(12,14)15)3-5-13(6-4-11)10-2-7-16-8-10/h10H,2-9H2,1H3/t10-/m0/s1. The molecule has 17 heavy (non-hydrogen) atoms. The van der Waals surface area contributed by atoms with Crippen molar-refractivity contribution in [2.45, 2.75) is 32.2 Å². The van der Waals surface area contributed by atoms with Gasteiger partial charge < -0.3 is 4.74 Å². The van der Waals surface area contributed by atoms with E-state index < -0.39 is 9.05 Å². The van der Waals surface area contributed by atoms with Gasteiger partial charge in [0.2, 0.25) is 9.05 Å². The Bertz CT molecular complexity index is 357. The first kappa shape index (κ1) is 13.6. The molecule has 0 aliphatic carbocycles. The molecule has 2 heterocycles. The molecule has 4 nitrogen and oxygen atoms in total. The van der Waals surface area contributed by atoms with Gasteiger partial charge in [0.1, 0.15) is 0 Å². The molecule has 2 aliphatic rings. The molecule has 0 N–H and O–H groups in total. The van der Waals surface area contributed by atoms with Crippen molar-refractivity contribution in [1.29, 1.82) is 0 Å². The minimum atomic E-state index is -3.39. The highest BCUT2D eigenvalue weighted by atomic mass is 35.7. The molecule has 6 heteroatoms. The maximum Gasteiger partial charge on any atom is 0.233 e. The van der Waals surface area contributed by atoms with Crippen LogP contribution in [-0.4, -0.2) is 51.4 Å². The lowest BCUT2D eigenvalue weighted by Crippen LogP contribution is -2.46. The summed E-state index contributed by atoms with van der Waals surface area (Å²) in [5, 5.41) is 0. The number of likely N-dealkylation sites (tertiary alicyclic amines) is 1. The van der Waals surface area contributed by atoms with Crippen LogP contribution < -0.4 is 0 Å². The van der Waals surface area contributed by atoms with Crippen molar-refractivity contribution in [3.8, 4) is 0 Å². The molecule has 0 saturated carbocycles. The summed E-state index contributed by atoms with van der Waals surface area (Å²) < 4.78 is 27.7. The predicted octanol–water partition coefficient (Wildman–Crippen LogP) is 1.45. The van der Waals surface area contributed by atoms with E-state index >= 15 is 0 Å². The predicted molar refractivity (Wildman–Crippen MR) is 67.8 cm³/mol. The Hall–Kier alpha value is 0.160. The molecular weight excluding hydrogens is 262 g/mol. The molecule has 2 rings (SSSR count). The van der Waals surface area contributed by atoms with Crippen molar-refractivity contribution in [3.63, 3.8) is 0 Å². The van der Waals surface area contributed by atoms with Gasteiger partial charge in [-0.05, 0) is 37.8 Å². The van der Waals surface area contributed by atoms with Gasteiger partial charge in [-0.15, -0.1) is 0 Å². The van der Waals surface area contributed by atoms with E-state index in [1.165, 1.54) is 0 Å². The van der Waals surface area contributed by atoms with E-state index in [1.54, 1.807) is 0 Å². The molecule has 0 aromatic carbocycles. The molecule has 0 aromatic rings. The Morgan fingerprint density at radius 1 is 1.41 bits per heavy atom. The third kappa shape index (κ3) is 3.81. The van der Waals surface area contributed by atoms with Gasteiger partial charge in [0, 0.05) is 23.3 Å². The third-order valence-corrected chi connectivity index (χ3v) is 5.32. The zero-order valence-electron chi connectivity index (χ0n) is 10.2. The first-order valence-electron chi connectivity index (χ1n) is 6.12. The van der Waals surface area contributed by atoms with Crippen LogP contribution in [0, 0.1) is 5.41 Å². The molecule has 100 valence electrons. The van der Waals surface area contributed by atoms with Crippen molar-refractivity contribution >= 4 is 19.7 Å². The highest BCUT2D eigenvalue weighted by Crippen LogP contribution is 2.34. The molecule has 1 atom stereocenters. The Kier molecular flexibility index (Phi) is 4.02. The smallest absolute Gasteiger partial charge is 0.233 e. The van der Waals surface area contributed by atoms with Crippen LogP contribution in [0.5, 0.6) is 0 Å². The van der Waals surface area contributed by atoms with E-state index in [2.05, 4.69) is 4.90 Å². The molecule has 0 radical (unpaired) electrons. The molecule has 0 bridgehead atoms. The minimum absolute atomic E-state index is 0.0938. The first-order valence-corrected chi connectivity index (χ1v) is 8.60. The fraction of sp³-hybridized carbons (Fsp3) is 1.00. The second kappa shape index (κ2) is 5.03. The number of rotatable bonds is 3. The largest absolute Gasteiger partial charge is 0.380 e. The second-order valence-corrected chi connectivity index (χ2v) is 8.32. The van der Waals surface area contributed by atoms with Crippen LogP contribution >= 0.6 is 10.7 Å². The van der Waals surface area contributed by atoms with Crippen molar-refractivity contribution in [2.24, 2.45) is 5.41 Å². The summed E-state index contributed by atoms with van der Waals surface area (Å²) >= 11 is 0. The van der Waals surface area contributed by atoms with E-state index in [-0.39, 0.29) is 11.2 Å². The highest BCUT2D eigenvalue weighted by molar-refractivity contribution is 8.13. The average Bonchev–Trinajstić information content (AvgIpc) is 2.68. The lowest BCUT2D eigenvalue weighted by atomic mass is 9.82. The van der Waals surface area contributed by atoms with E-state index in [9.17, 15) is 8.42 Å². The van der Waals surface area contributed by atoms with Crippen molar-refractivity contribution in [3.05, 3.63) is 0 Å². The van der Waals surface area contributed by atoms with Crippen LogP contribution in [0.3, 0.4) is 0 Å². The van der Waals surface area contributed by atoms with E-state index in [1.807, 2.05) is 6.92 Å². The fourth-order valence-corrected chi connectivity index (χ4v) is 4.71. The lowest BCUT2D eigenvalue weighted by molar-refractivity contribution is 0.0839. The van der Waals surface area contributed by atoms with Crippen LogP contribution in [-0.2, 0) is 13.8 Å². The van der Waals surface area contributed by atoms with Crippen LogP contribution in [0.2, 0.25) is 0 Å². The number of hydrogen-bond donors (Lipinski definition) is 0. The summed E-state index contributed by atoms with van der Waals surface area (Å²) in [5.74, 6) is 0.0938. The number of piperidine rings is 1. The van der Waals surface area contributed by atoms with Gasteiger partial charge in [-0.25, -0.2) is 8.42 Å². The second-order valence-electron chi connectivity index (χ2n) is 5.55. The van der Waals surface area contributed by atoms with Gasteiger partial charge >= 0.3 is 0 Å². The zero-order valence-corrected chi connectivity index (χ0v) is 11.8.